The number of hydrogen-bond acceptors (Lipinski definition) is 7. The Morgan fingerprint density at radius 1 is 1.03 bits per heavy atom. The van der Waals surface area contributed by atoms with Crippen LogP contribution in [0.1, 0.15) is 11.6 Å². The summed E-state index contributed by atoms with van der Waals surface area (Å²) in [4.78, 5) is 29.6. The number of aromatic nitrogens is 1. The highest BCUT2D eigenvalue weighted by atomic mass is 35.5. The summed E-state index contributed by atoms with van der Waals surface area (Å²) in [7, 11) is -3.92. The Kier molecular flexibility index (Phi) is 6.63. The summed E-state index contributed by atoms with van der Waals surface area (Å²) in [6.07, 6.45) is 0. The molecule has 5 rings (SSSR count). The average molecular weight is 575 g/mol. The number of nitrogens with one attached hydrogen (secondary N) is 1. The molecule has 2 atom stereocenters. The van der Waals surface area contributed by atoms with Crippen molar-refractivity contribution < 1.29 is 18.1 Å². The number of rotatable bonds is 7. The molecule has 1 aliphatic rings. The summed E-state index contributed by atoms with van der Waals surface area (Å²) in [6, 6.07) is 17.8. The van der Waals surface area contributed by atoms with Crippen LogP contribution in [0, 0.1) is 10.1 Å². The number of β-lactam (4-membered cyclic amide) rings is 1. The van der Waals surface area contributed by atoms with Crippen molar-refractivity contribution >= 4 is 67.0 Å². The number of sulfonamides is 1. The predicted octanol–water partition coefficient (Wildman–Crippen LogP) is 5.87. The van der Waals surface area contributed by atoms with Gasteiger partial charge in [-0.1, -0.05) is 41.9 Å². The minimum atomic E-state index is -3.92. The molecule has 1 aliphatic heterocycles. The molecule has 1 aromatic heterocycles. The van der Waals surface area contributed by atoms with E-state index in [2.05, 4.69) is 9.71 Å². The molecule has 3 aromatic carbocycles. The zero-order valence-corrected chi connectivity index (χ0v) is 21.8. The summed E-state index contributed by atoms with van der Waals surface area (Å²) < 4.78 is 28.4. The van der Waals surface area contributed by atoms with Crippen molar-refractivity contribution in [2.45, 2.75) is 16.3 Å². The minimum Gasteiger partial charge on any atom is -0.279 e. The van der Waals surface area contributed by atoms with Gasteiger partial charge in [-0.05, 0) is 36.4 Å². The second-order valence-corrected chi connectivity index (χ2v) is 11.4. The van der Waals surface area contributed by atoms with Gasteiger partial charge in [-0.25, -0.2) is 13.4 Å². The van der Waals surface area contributed by atoms with Crippen molar-refractivity contribution in [3.8, 4) is 11.3 Å². The van der Waals surface area contributed by atoms with Crippen LogP contribution in [0.3, 0.4) is 0 Å². The van der Waals surface area contributed by atoms with Crippen molar-refractivity contribution in [3.05, 3.63) is 98.9 Å². The minimum absolute atomic E-state index is 0.0392. The Balaban J connectivity index is 1.47. The van der Waals surface area contributed by atoms with Gasteiger partial charge in [0.1, 0.15) is 5.38 Å². The van der Waals surface area contributed by atoms with Gasteiger partial charge in [0, 0.05) is 22.0 Å². The molecule has 0 bridgehead atoms. The van der Waals surface area contributed by atoms with Crippen LogP contribution >= 0.6 is 34.5 Å². The van der Waals surface area contributed by atoms with Crippen molar-refractivity contribution in [1.82, 2.24) is 4.98 Å². The number of nitro groups is 1. The van der Waals surface area contributed by atoms with E-state index in [1.807, 2.05) is 0 Å². The van der Waals surface area contributed by atoms with Crippen LogP contribution in [-0.2, 0) is 14.8 Å². The van der Waals surface area contributed by atoms with E-state index in [0.29, 0.717) is 21.8 Å². The lowest BCUT2D eigenvalue weighted by molar-refractivity contribution is -0.385. The van der Waals surface area contributed by atoms with Crippen LogP contribution in [0.15, 0.2) is 83.1 Å². The maximum Gasteiger partial charge on any atom is 0.274 e. The zero-order chi connectivity index (χ0) is 26.3. The topological polar surface area (TPSA) is 123 Å². The number of benzene rings is 3. The number of carbonyl (C=O) groups excluding carboxylic acids is 1. The first-order valence-electron chi connectivity index (χ1n) is 10.7. The zero-order valence-electron chi connectivity index (χ0n) is 18.6. The summed E-state index contributed by atoms with van der Waals surface area (Å²) in [6.45, 7) is 0. The molecule has 37 heavy (non-hydrogen) atoms. The molecule has 9 nitrogen and oxygen atoms in total. The standard InChI is InChI=1S/C24H16Cl2N4O5S2/c25-14-9-11-15(12-10-14)37(34,35)28-18-7-3-1-5-16(18)19-13-36-24(27-19)29-22(21(26)23(29)31)17-6-2-4-8-20(17)30(32)33/h1-13,21-22,28H. The van der Waals surface area contributed by atoms with Crippen molar-refractivity contribution in [2.75, 3.05) is 9.62 Å². The lowest BCUT2D eigenvalue weighted by Crippen LogP contribution is -2.56. The number of anilines is 2. The largest absolute Gasteiger partial charge is 0.279 e. The summed E-state index contributed by atoms with van der Waals surface area (Å²) in [5.41, 5.74) is 1.35. The molecule has 13 heteroatoms. The molecule has 0 aliphatic carbocycles. The summed E-state index contributed by atoms with van der Waals surface area (Å²) in [5.74, 6) is -0.428. The van der Waals surface area contributed by atoms with E-state index in [-0.39, 0.29) is 21.4 Å². The van der Waals surface area contributed by atoms with Gasteiger partial charge in [0.2, 0.25) is 5.91 Å². The van der Waals surface area contributed by atoms with E-state index >= 15 is 0 Å². The molecular formula is C24H16Cl2N4O5S2. The molecule has 0 spiro atoms. The summed E-state index contributed by atoms with van der Waals surface area (Å²) in [5, 5.41) is 12.9. The molecule has 0 radical (unpaired) electrons. The van der Waals surface area contributed by atoms with Gasteiger partial charge in [0.15, 0.2) is 5.13 Å². The Labute approximate surface area is 225 Å². The first kappa shape index (κ1) is 25.2. The molecule has 4 aromatic rings. The van der Waals surface area contributed by atoms with E-state index < -0.39 is 32.3 Å². The van der Waals surface area contributed by atoms with Gasteiger partial charge in [-0.15, -0.1) is 22.9 Å². The van der Waals surface area contributed by atoms with Gasteiger partial charge in [0.05, 0.1) is 32.8 Å². The Hall–Kier alpha value is -3.51. The monoisotopic (exact) mass is 574 g/mol. The first-order chi connectivity index (χ1) is 17.7. The maximum atomic E-state index is 12.9. The molecule has 2 unspecified atom stereocenters. The Morgan fingerprint density at radius 2 is 1.70 bits per heavy atom. The molecule has 188 valence electrons. The highest BCUT2D eigenvalue weighted by molar-refractivity contribution is 7.92. The van der Waals surface area contributed by atoms with Crippen molar-refractivity contribution in [3.63, 3.8) is 0 Å². The molecule has 1 amide bonds. The fourth-order valence-corrected chi connectivity index (χ4v) is 6.40. The molecular weight excluding hydrogens is 559 g/mol. The molecule has 0 saturated carbocycles. The Bertz CT molecular complexity index is 1630. The van der Waals surface area contributed by atoms with Gasteiger partial charge in [0.25, 0.3) is 15.7 Å². The lowest BCUT2D eigenvalue weighted by atomic mass is 9.92. The normalized spacial score (nSPS) is 17.4. The fourth-order valence-electron chi connectivity index (χ4n) is 3.98. The number of amides is 1. The third-order valence-corrected chi connectivity index (χ3v) is 8.65. The fraction of sp³-hybridized carbons (Fsp3) is 0.0833. The second-order valence-electron chi connectivity index (χ2n) is 7.99. The number of thiazole rings is 1. The average Bonchev–Trinajstić information content (AvgIpc) is 3.36. The van der Waals surface area contributed by atoms with Gasteiger partial charge < -0.3 is 0 Å². The van der Waals surface area contributed by atoms with Crippen molar-refractivity contribution in [1.29, 1.82) is 0 Å². The van der Waals surface area contributed by atoms with E-state index in [9.17, 15) is 23.3 Å². The number of para-hydroxylation sites is 2. The van der Waals surface area contributed by atoms with Gasteiger partial charge in [-0.3, -0.25) is 24.5 Å². The van der Waals surface area contributed by atoms with Crippen LogP contribution in [-0.4, -0.2) is 29.6 Å². The number of alkyl halides is 1. The number of carbonyl (C=O) groups is 1. The molecule has 2 heterocycles. The quantitative estimate of drug-likeness (QED) is 0.127. The van der Waals surface area contributed by atoms with E-state index in [4.69, 9.17) is 23.2 Å². The van der Waals surface area contributed by atoms with Crippen LogP contribution in [0.4, 0.5) is 16.5 Å². The van der Waals surface area contributed by atoms with E-state index in [0.717, 1.165) is 11.3 Å². The SMILES string of the molecule is O=C1C(Cl)C(c2ccccc2[N+](=O)[O-])N1c1nc(-c2ccccc2NS(=O)(=O)c2ccc(Cl)cc2)cs1. The third kappa shape index (κ3) is 4.66. The number of halogens is 2. The maximum absolute atomic E-state index is 12.9. The lowest BCUT2D eigenvalue weighted by Gasteiger charge is -2.42. The Morgan fingerprint density at radius 3 is 2.43 bits per heavy atom. The van der Waals surface area contributed by atoms with E-state index in [1.54, 1.807) is 47.8 Å². The second kappa shape index (κ2) is 9.75. The summed E-state index contributed by atoms with van der Waals surface area (Å²) >= 11 is 13.3. The molecule has 1 saturated heterocycles. The number of hydrogen-bond donors (Lipinski definition) is 1. The highest BCUT2D eigenvalue weighted by Crippen LogP contribution is 2.46. The van der Waals surface area contributed by atoms with Gasteiger partial charge in [-0.2, -0.15) is 0 Å². The van der Waals surface area contributed by atoms with Crippen LogP contribution < -0.4 is 9.62 Å². The van der Waals surface area contributed by atoms with Crippen LogP contribution in [0.2, 0.25) is 5.02 Å². The van der Waals surface area contributed by atoms with Gasteiger partial charge >= 0.3 is 0 Å². The third-order valence-electron chi connectivity index (χ3n) is 5.75. The number of nitro benzene ring substituents is 1. The first-order valence-corrected chi connectivity index (χ1v) is 13.9. The van der Waals surface area contributed by atoms with Crippen molar-refractivity contribution in [2.24, 2.45) is 0 Å². The van der Waals surface area contributed by atoms with E-state index in [1.165, 1.54) is 35.2 Å². The highest BCUT2D eigenvalue weighted by Gasteiger charge is 2.51. The van der Waals surface area contributed by atoms with Crippen LogP contribution in [0.5, 0.6) is 0 Å². The molecule has 1 N–H and O–H groups in total. The predicted molar refractivity (Wildman–Crippen MR) is 143 cm³/mol. The number of nitrogens with zero attached hydrogens (tertiary/aromatic N) is 3. The molecule has 1 fully saturated rings. The smallest absolute Gasteiger partial charge is 0.274 e. The van der Waals surface area contributed by atoms with Crippen LogP contribution in [0.25, 0.3) is 11.3 Å².